The fraction of sp³-hybridized carbons (Fsp3) is 0.263. The number of fused-ring (bicyclic) bond motifs is 1. The van der Waals surface area contributed by atoms with Crippen LogP contribution in [0.1, 0.15) is 23.6 Å². The largest absolute Gasteiger partial charge is 0.494 e. The molecule has 2 amide bonds. The summed E-state index contributed by atoms with van der Waals surface area (Å²) in [7, 11) is 2.17. The average molecular weight is 412 g/mol. The quantitative estimate of drug-likeness (QED) is 0.593. The maximum absolute atomic E-state index is 14.2. The molecule has 10 heteroatoms. The molecule has 0 bridgehead atoms. The molecule has 1 atom stereocenters. The monoisotopic (exact) mass is 412 g/mol. The topological polar surface area (TPSA) is 67.9 Å². The summed E-state index contributed by atoms with van der Waals surface area (Å²) in [4.78, 5) is 25.7. The third-order valence-corrected chi connectivity index (χ3v) is 4.52. The summed E-state index contributed by atoms with van der Waals surface area (Å²) in [6.07, 6.45) is -5.14. The summed E-state index contributed by atoms with van der Waals surface area (Å²) in [6.45, 7) is 0. The number of esters is 1. The van der Waals surface area contributed by atoms with Crippen molar-refractivity contribution in [2.45, 2.75) is 18.6 Å². The van der Waals surface area contributed by atoms with Crippen molar-refractivity contribution < 1.29 is 36.6 Å². The normalized spacial score (nSPS) is 16.1. The first-order chi connectivity index (χ1) is 13.7. The van der Waals surface area contributed by atoms with Gasteiger partial charge >= 0.3 is 18.2 Å². The highest BCUT2D eigenvalue weighted by Crippen LogP contribution is 2.46. The fourth-order valence-corrected chi connectivity index (χ4v) is 3.27. The number of nitrogens with zero attached hydrogens (tertiary/aromatic N) is 1. The maximum Gasteiger partial charge on any atom is 0.420 e. The van der Waals surface area contributed by atoms with E-state index >= 15 is 0 Å². The van der Waals surface area contributed by atoms with Crippen LogP contribution in [-0.4, -0.2) is 26.2 Å². The summed E-state index contributed by atoms with van der Waals surface area (Å²) >= 11 is 0. The third-order valence-electron chi connectivity index (χ3n) is 4.52. The van der Waals surface area contributed by atoms with Crippen molar-refractivity contribution in [3.63, 3.8) is 0 Å². The van der Waals surface area contributed by atoms with Gasteiger partial charge in [-0.05, 0) is 18.2 Å². The van der Waals surface area contributed by atoms with Crippen LogP contribution in [-0.2, 0) is 15.7 Å². The van der Waals surface area contributed by atoms with Crippen LogP contribution in [0.2, 0.25) is 0 Å². The van der Waals surface area contributed by atoms with Crippen LogP contribution in [0.5, 0.6) is 5.75 Å². The number of carbonyl (C=O) groups excluding carboxylic acids is 2. The predicted octanol–water partition coefficient (Wildman–Crippen LogP) is 4.51. The van der Waals surface area contributed by atoms with E-state index in [-0.39, 0.29) is 16.9 Å². The summed E-state index contributed by atoms with van der Waals surface area (Å²) < 4.78 is 64.1. The van der Waals surface area contributed by atoms with Gasteiger partial charge in [0.1, 0.15) is 5.82 Å². The van der Waals surface area contributed by atoms with E-state index in [2.05, 4.69) is 10.1 Å². The summed E-state index contributed by atoms with van der Waals surface area (Å²) in [5.74, 6) is -2.05. The van der Waals surface area contributed by atoms with Crippen molar-refractivity contribution in [1.29, 1.82) is 0 Å². The smallest absolute Gasteiger partial charge is 0.420 e. The second-order valence-corrected chi connectivity index (χ2v) is 6.16. The lowest BCUT2D eigenvalue weighted by atomic mass is 9.96. The van der Waals surface area contributed by atoms with Crippen molar-refractivity contribution in [2.75, 3.05) is 24.4 Å². The van der Waals surface area contributed by atoms with E-state index in [1.807, 2.05) is 0 Å². The van der Waals surface area contributed by atoms with Gasteiger partial charge in [0.05, 0.1) is 43.6 Å². The standard InChI is InChI=1S/C19H16F4N2O4/c1-28-15(26)9-14-10-5-3-7-12(20)16(10)24-18(27)25(14)13-8-4-6-11(17(13)29-2)19(21,22)23/h3-8,14H,9H2,1-2H3,(H,24,27). The number of halogens is 4. The molecule has 2 aromatic rings. The Kier molecular flexibility index (Phi) is 5.36. The van der Waals surface area contributed by atoms with Crippen LogP contribution in [0.4, 0.5) is 33.7 Å². The van der Waals surface area contributed by atoms with E-state index in [1.165, 1.54) is 18.2 Å². The fourth-order valence-electron chi connectivity index (χ4n) is 3.27. The Balaban J connectivity index is 2.22. The number of nitrogens with one attached hydrogen (secondary N) is 1. The van der Waals surface area contributed by atoms with E-state index in [1.54, 1.807) is 0 Å². The molecule has 0 aromatic heterocycles. The molecule has 0 aliphatic carbocycles. The number of ether oxygens (including phenoxy) is 2. The molecule has 1 N–H and O–H groups in total. The molecule has 0 saturated heterocycles. The number of rotatable bonds is 4. The van der Waals surface area contributed by atoms with E-state index < -0.39 is 47.8 Å². The van der Waals surface area contributed by atoms with Gasteiger partial charge in [-0.1, -0.05) is 18.2 Å². The average Bonchev–Trinajstić information content (AvgIpc) is 2.67. The SMILES string of the molecule is COC(=O)CC1c2cccc(F)c2NC(=O)N1c1cccc(C(F)(F)F)c1OC. The zero-order valence-corrected chi connectivity index (χ0v) is 15.3. The van der Waals surface area contributed by atoms with Crippen LogP contribution >= 0.6 is 0 Å². The lowest BCUT2D eigenvalue weighted by Crippen LogP contribution is -2.44. The van der Waals surface area contributed by atoms with Crippen LogP contribution < -0.4 is 15.0 Å². The maximum atomic E-state index is 14.2. The van der Waals surface area contributed by atoms with Gasteiger partial charge in [-0.3, -0.25) is 9.69 Å². The van der Waals surface area contributed by atoms with Gasteiger partial charge < -0.3 is 14.8 Å². The summed E-state index contributed by atoms with van der Waals surface area (Å²) in [6, 6.07) is 5.12. The number of anilines is 2. The minimum atomic E-state index is -4.74. The molecule has 0 fully saturated rings. The first-order valence-corrected chi connectivity index (χ1v) is 8.38. The van der Waals surface area contributed by atoms with Crippen molar-refractivity contribution in [2.24, 2.45) is 0 Å². The van der Waals surface area contributed by atoms with E-state index in [4.69, 9.17) is 4.74 Å². The van der Waals surface area contributed by atoms with Crippen molar-refractivity contribution in [3.05, 3.63) is 53.3 Å². The molecule has 6 nitrogen and oxygen atoms in total. The highest BCUT2D eigenvalue weighted by molar-refractivity contribution is 6.06. The lowest BCUT2D eigenvalue weighted by molar-refractivity contribution is -0.141. The number of hydrogen-bond donors (Lipinski definition) is 1. The number of urea groups is 1. The molecule has 29 heavy (non-hydrogen) atoms. The zero-order valence-electron chi connectivity index (χ0n) is 15.3. The highest BCUT2D eigenvalue weighted by Gasteiger charge is 2.41. The van der Waals surface area contributed by atoms with Crippen LogP contribution in [0, 0.1) is 5.82 Å². The van der Waals surface area contributed by atoms with Gasteiger partial charge in [0, 0.05) is 5.56 Å². The Labute approximate surface area is 163 Å². The molecule has 1 aliphatic rings. The van der Waals surface area contributed by atoms with Crippen LogP contribution in [0.25, 0.3) is 0 Å². The van der Waals surface area contributed by atoms with E-state index in [0.717, 1.165) is 37.3 Å². The number of methoxy groups -OCH3 is 2. The second-order valence-electron chi connectivity index (χ2n) is 6.16. The Bertz CT molecular complexity index is 962. The molecule has 1 aliphatic heterocycles. The zero-order chi connectivity index (χ0) is 21.3. The molecular weight excluding hydrogens is 396 g/mol. The Morgan fingerprint density at radius 3 is 2.48 bits per heavy atom. The number of hydrogen-bond acceptors (Lipinski definition) is 4. The highest BCUT2D eigenvalue weighted by atomic mass is 19.4. The molecule has 0 spiro atoms. The summed E-state index contributed by atoms with van der Waals surface area (Å²) in [5, 5.41) is 2.33. The lowest BCUT2D eigenvalue weighted by Gasteiger charge is -2.37. The van der Waals surface area contributed by atoms with Crippen molar-refractivity contribution in [3.8, 4) is 5.75 Å². The van der Waals surface area contributed by atoms with Gasteiger partial charge in [0.2, 0.25) is 0 Å². The van der Waals surface area contributed by atoms with Gasteiger partial charge in [0.25, 0.3) is 0 Å². The van der Waals surface area contributed by atoms with Gasteiger partial charge in [0.15, 0.2) is 5.75 Å². The minimum absolute atomic E-state index is 0.145. The molecule has 1 unspecified atom stereocenters. The number of para-hydroxylation sites is 2. The molecule has 0 saturated carbocycles. The summed E-state index contributed by atoms with van der Waals surface area (Å²) in [5.41, 5.74) is -1.24. The first kappa shape index (κ1) is 20.4. The molecule has 0 radical (unpaired) electrons. The number of alkyl halides is 3. The van der Waals surface area contributed by atoms with Crippen LogP contribution in [0.3, 0.4) is 0 Å². The Morgan fingerprint density at radius 1 is 1.17 bits per heavy atom. The molecular formula is C19H16F4N2O4. The van der Waals surface area contributed by atoms with Crippen molar-refractivity contribution in [1.82, 2.24) is 0 Å². The Hall–Kier alpha value is -3.30. The molecule has 1 heterocycles. The molecule has 154 valence electrons. The van der Waals surface area contributed by atoms with E-state index in [0.29, 0.717) is 0 Å². The van der Waals surface area contributed by atoms with Gasteiger partial charge in [-0.2, -0.15) is 13.2 Å². The third kappa shape index (κ3) is 3.69. The predicted molar refractivity (Wildman–Crippen MR) is 95.3 cm³/mol. The number of carbonyl (C=O) groups is 2. The van der Waals surface area contributed by atoms with Crippen LogP contribution in [0.15, 0.2) is 36.4 Å². The second kappa shape index (κ2) is 7.61. The van der Waals surface area contributed by atoms with E-state index in [9.17, 15) is 27.2 Å². The first-order valence-electron chi connectivity index (χ1n) is 8.38. The number of amides is 2. The molecule has 2 aromatic carbocycles. The van der Waals surface area contributed by atoms with Gasteiger partial charge in [-0.15, -0.1) is 0 Å². The van der Waals surface area contributed by atoms with Crippen molar-refractivity contribution >= 4 is 23.4 Å². The molecule has 3 rings (SSSR count). The van der Waals surface area contributed by atoms with Gasteiger partial charge in [-0.25, -0.2) is 9.18 Å². The Morgan fingerprint density at radius 2 is 1.86 bits per heavy atom. The minimum Gasteiger partial charge on any atom is -0.494 e. The number of benzene rings is 2.